The van der Waals surface area contributed by atoms with E-state index in [-0.39, 0.29) is 18.3 Å². The number of nitrogens with zero attached hydrogens (tertiary/aromatic N) is 3. The van der Waals surface area contributed by atoms with Gasteiger partial charge in [-0.2, -0.15) is 0 Å². The van der Waals surface area contributed by atoms with Crippen LogP contribution in [-0.2, 0) is 4.74 Å². The predicted octanol–water partition coefficient (Wildman–Crippen LogP) is 4.24. The van der Waals surface area contributed by atoms with Gasteiger partial charge in [0.05, 0.1) is 30.7 Å². The molecule has 4 aromatic rings. The van der Waals surface area contributed by atoms with Gasteiger partial charge in [-0.25, -0.2) is 14.8 Å². The number of esters is 1. The first-order valence-electron chi connectivity index (χ1n) is 9.46. The highest BCUT2D eigenvalue weighted by Gasteiger charge is 2.19. The van der Waals surface area contributed by atoms with Crippen molar-refractivity contribution in [3.63, 3.8) is 0 Å². The van der Waals surface area contributed by atoms with E-state index in [1.807, 2.05) is 47.7 Å². The molecule has 0 fully saturated rings. The molecule has 0 saturated heterocycles. The van der Waals surface area contributed by atoms with E-state index in [1.165, 1.54) is 0 Å². The largest absolute Gasteiger partial charge is 0.496 e. The van der Waals surface area contributed by atoms with Gasteiger partial charge in [0.25, 0.3) is 0 Å². The Kier molecular flexibility index (Phi) is 5.03. The molecule has 0 aliphatic rings. The number of hydrogen-bond donors (Lipinski definition) is 1. The summed E-state index contributed by atoms with van der Waals surface area (Å²) in [6.07, 6.45) is 1.69. The number of benzene rings is 1. The van der Waals surface area contributed by atoms with Gasteiger partial charge < -0.3 is 14.8 Å². The van der Waals surface area contributed by atoms with Gasteiger partial charge in [0.2, 0.25) is 5.95 Å². The van der Waals surface area contributed by atoms with Crippen LogP contribution in [0, 0.1) is 0 Å². The van der Waals surface area contributed by atoms with Crippen LogP contribution in [-0.4, -0.2) is 34.1 Å². The number of nitrogens with one attached hydrogen (secondary N) is 1. The third-order valence-corrected chi connectivity index (χ3v) is 4.76. The van der Waals surface area contributed by atoms with Crippen LogP contribution in [0.1, 0.15) is 35.9 Å². The molecule has 0 radical (unpaired) electrons. The van der Waals surface area contributed by atoms with Gasteiger partial charge in [-0.15, -0.1) is 0 Å². The zero-order chi connectivity index (χ0) is 20.4. The number of pyridine rings is 1. The van der Waals surface area contributed by atoms with E-state index in [9.17, 15) is 4.79 Å². The van der Waals surface area contributed by atoms with Crippen LogP contribution in [0.5, 0.6) is 5.75 Å². The van der Waals surface area contributed by atoms with Crippen LogP contribution in [0.4, 0.5) is 5.95 Å². The topological polar surface area (TPSA) is 77.8 Å². The Morgan fingerprint density at radius 2 is 2.00 bits per heavy atom. The first-order valence-corrected chi connectivity index (χ1v) is 9.46. The maximum Gasteiger partial charge on any atom is 0.357 e. The molecule has 1 N–H and O–H groups in total. The lowest BCUT2D eigenvalue weighted by Gasteiger charge is -2.17. The molecule has 29 heavy (non-hydrogen) atoms. The maximum atomic E-state index is 12.4. The lowest BCUT2D eigenvalue weighted by atomic mass is 10.1. The van der Waals surface area contributed by atoms with Crippen LogP contribution >= 0.6 is 0 Å². The number of anilines is 1. The van der Waals surface area contributed by atoms with Gasteiger partial charge in [-0.1, -0.05) is 30.3 Å². The fourth-order valence-electron chi connectivity index (χ4n) is 3.36. The van der Waals surface area contributed by atoms with Crippen molar-refractivity contribution in [2.45, 2.75) is 19.9 Å². The molecule has 0 bridgehead atoms. The third kappa shape index (κ3) is 3.47. The number of carbonyl (C=O) groups is 1. The fraction of sp³-hybridized carbons (Fsp3) is 0.227. The number of methoxy groups -OCH3 is 1. The minimum atomic E-state index is -0.462. The average Bonchev–Trinajstić information content (AvgIpc) is 3.13. The van der Waals surface area contributed by atoms with Crippen LogP contribution in [0.25, 0.3) is 16.6 Å². The second-order valence-electron chi connectivity index (χ2n) is 6.62. The molecule has 0 aliphatic heterocycles. The molecule has 0 spiro atoms. The molecule has 3 aromatic heterocycles. The maximum absolute atomic E-state index is 12.4. The van der Waals surface area contributed by atoms with Crippen molar-refractivity contribution in [3.05, 3.63) is 66.0 Å². The highest BCUT2D eigenvalue weighted by Crippen LogP contribution is 2.30. The van der Waals surface area contributed by atoms with Crippen molar-refractivity contribution >= 4 is 28.5 Å². The summed E-state index contributed by atoms with van der Waals surface area (Å²) < 4.78 is 12.5. The molecule has 0 amide bonds. The van der Waals surface area contributed by atoms with Gasteiger partial charge in [0.15, 0.2) is 11.3 Å². The Balaban J connectivity index is 1.90. The number of hydrogen-bond acceptors (Lipinski definition) is 6. The fourth-order valence-corrected chi connectivity index (χ4v) is 3.36. The SMILES string of the molecule is CCOC(=O)c1cc2cc3c(OC)ccnc3n2c(N[C@@H](C)c2ccccc2)n1. The summed E-state index contributed by atoms with van der Waals surface area (Å²) in [7, 11) is 1.62. The Morgan fingerprint density at radius 1 is 1.21 bits per heavy atom. The molecule has 3 heterocycles. The molecule has 1 atom stereocenters. The van der Waals surface area contributed by atoms with E-state index in [0.717, 1.165) is 16.5 Å². The van der Waals surface area contributed by atoms with Gasteiger partial charge in [-0.3, -0.25) is 4.40 Å². The van der Waals surface area contributed by atoms with E-state index in [4.69, 9.17) is 9.47 Å². The van der Waals surface area contributed by atoms with Gasteiger partial charge in [-0.05, 0) is 37.6 Å². The highest BCUT2D eigenvalue weighted by atomic mass is 16.5. The van der Waals surface area contributed by atoms with Crippen molar-refractivity contribution in [1.29, 1.82) is 0 Å². The van der Waals surface area contributed by atoms with Crippen molar-refractivity contribution in [3.8, 4) is 5.75 Å². The van der Waals surface area contributed by atoms with E-state index >= 15 is 0 Å². The molecular weight excluding hydrogens is 368 g/mol. The molecule has 7 heteroatoms. The minimum absolute atomic E-state index is 0.0348. The first-order chi connectivity index (χ1) is 14.1. The van der Waals surface area contributed by atoms with E-state index in [0.29, 0.717) is 17.3 Å². The molecule has 0 aliphatic carbocycles. The molecule has 0 saturated carbocycles. The molecule has 7 nitrogen and oxygen atoms in total. The van der Waals surface area contributed by atoms with Crippen molar-refractivity contribution in [2.24, 2.45) is 0 Å². The number of ether oxygens (including phenoxy) is 2. The van der Waals surface area contributed by atoms with E-state index in [1.54, 1.807) is 32.4 Å². The lowest BCUT2D eigenvalue weighted by Crippen LogP contribution is -2.15. The zero-order valence-corrected chi connectivity index (χ0v) is 16.5. The van der Waals surface area contributed by atoms with E-state index < -0.39 is 5.97 Å². The monoisotopic (exact) mass is 390 g/mol. The summed E-state index contributed by atoms with van der Waals surface area (Å²) in [6.45, 7) is 4.10. The summed E-state index contributed by atoms with van der Waals surface area (Å²) in [4.78, 5) is 21.4. The second-order valence-corrected chi connectivity index (χ2v) is 6.62. The molecule has 148 valence electrons. The van der Waals surface area contributed by atoms with Crippen molar-refractivity contribution in [2.75, 3.05) is 19.0 Å². The molecule has 1 aromatic carbocycles. The smallest absolute Gasteiger partial charge is 0.357 e. The summed E-state index contributed by atoms with van der Waals surface area (Å²) >= 11 is 0. The van der Waals surface area contributed by atoms with Crippen LogP contribution in [0.3, 0.4) is 0 Å². The third-order valence-electron chi connectivity index (χ3n) is 4.76. The number of fused-ring (bicyclic) bond motifs is 3. The average molecular weight is 390 g/mol. The Labute approximate surface area is 168 Å². The summed E-state index contributed by atoms with van der Waals surface area (Å²) in [5.41, 5.74) is 2.82. The van der Waals surface area contributed by atoms with E-state index in [2.05, 4.69) is 15.3 Å². The standard InChI is InChI=1S/C22H22N4O3/c1-4-29-21(27)18-13-16-12-17-19(28-3)10-11-23-20(17)26(16)22(25-18)24-14(2)15-8-6-5-7-9-15/h5-14H,4H2,1-3H3,(H,24,25)/t14-/m0/s1. The Morgan fingerprint density at radius 3 is 2.72 bits per heavy atom. The van der Waals surface area contributed by atoms with Crippen molar-refractivity contribution in [1.82, 2.24) is 14.4 Å². The normalized spacial score (nSPS) is 12.1. The van der Waals surface area contributed by atoms with Gasteiger partial charge in [0, 0.05) is 6.20 Å². The summed E-state index contributed by atoms with van der Waals surface area (Å²) in [6, 6.07) is 15.4. The Bertz CT molecular complexity index is 1170. The molecular formula is C22H22N4O3. The summed E-state index contributed by atoms with van der Waals surface area (Å²) in [5, 5.41) is 4.26. The molecule has 0 unspecified atom stereocenters. The number of rotatable bonds is 6. The Hall–Kier alpha value is -3.61. The van der Waals surface area contributed by atoms with Crippen LogP contribution < -0.4 is 10.1 Å². The number of aromatic nitrogens is 3. The second kappa shape index (κ2) is 7.79. The lowest BCUT2D eigenvalue weighted by molar-refractivity contribution is 0.0519. The predicted molar refractivity (Wildman–Crippen MR) is 111 cm³/mol. The highest BCUT2D eigenvalue weighted by molar-refractivity contribution is 5.94. The first kappa shape index (κ1) is 18.7. The minimum Gasteiger partial charge on any atom is -0.496 e. The van der Waals surface area contributed by atoms with Crippen molar-refractivity contribution < 1.29 is 14.3 Å². The van der Waals surface area contributed by atoms with Gasteiger partial charge in [0.1, 0.15) is 5.75 Å². The summed E-state index contributed by atoms with van der Waals surface area (Å²) in [5.74, 6) is 0.756. The van der Waals surface area contributed by atoms with Gasteiger partial charge >= 0.3 is 5.97 Å². The quantitative estimate of drug-likeness (QED) is 0.496. The zero-order valence-electron chi connectivity index (χ0n) is 16.5. The van der Waals surface area contributed by atoms with Crippen LogP contribution in [0.15, 0.2) is 54.7 Å². The van der Waals surface area contributed by atoms with Crippen LogP contribution in [0.2, 0.25) is 0 Å². The number of carbonyl (C=O) groups excluding carboxylic acids is 1. The molecule has 4 rings (SSSR count).